The van der Waals surface area contributed by atoms with Crippen molar-refractivity contribution in [3.05, 3.63) is 16.7 Å². The predicted octanol–water partition coefficient (Wildman–Crippen LogP) is 1.70. The summed E-state index contributed by atoms with van der Waals surface area (Å²) >= 11 is 3.46. The molecule has 6 nitrogen and oxygen atoms in total. The fourth-order valence-corrected chi connectivity index (χ4v) is 2.61. The number of hydrogen-bond donors (Lipinski definition) is 1. The molecule has 1 aromatic heterocycles. The molecule has 7 heteroatoms. The molecule has 2 N–H and O–H groups in total. The zero-order chi connectivity index (χ0) is 13.8. The minimum atomic E-state index is -0.244. The van der Waals surface area contributed by atoms with E-state index in [1.165, 1.54) is 0 Å². The number of nitrogens with two attached hydrogens (primary N) is 1. The fourth-order valence-electron chi connectivity index (χ4n) is 1.99. The van der Waals surface area contributed by atoms with Crippen LogP contribution in [0.4, 0.5) is 16.3 Å². The molecule has 19 heavy (non-hydrogen) atoms. The molecule has 104 valence electrons. The first-order valence-corrected chi connectivity index (χ1v) is 6.98. The highest BCUT2D eigenvalue weighted by molar-refractivity contribution is 9.10. The lowest BCUT2D eigenvalue weighted by Crippen LogP contribution is -2.49. The van der Waals surface area contributed by atoms with Gasteiger partial charge in [0, 0.05) is 26.2 Å². The van der Waals surface area contributed by atoms with E-state index in [1.54, 1.807) is 11.1 Å². The van der Waals surface area contributed by atoms with Crippen LogP contribution >= 0.6 is 15.9 Å². The van der Waals surface area contributed by atoms with Crippen LogP contribution in [0.5, 0.6) is 0 Å². The molecule has 0 bridgehead atoms. The van der Waals surface area contributed by atoms with Crippen LogP contribution in [-0.4, -0.2) is 48.8 Å². The van der Waals surface area contributed by atoms with Crippen LogP contribution in [0.15, 0.2) is 16.7 Å². The van der Waals surface area contributed by atoms with Gasteiger partial charge in [-0.05, 0) is 28.9 Å². The minimum Gasteiger partial charge on any atom is -0.450 e. The van der Waals surface area contributed by atoms with Crippen molar-refractivity contribution in [3.8, 4) is 0 Å². The van der Waals surface area contributed by atoms with E-state index in [-0.39, 0.29) is 6.09 Å². The van der Waals surface area contributed by atoms with Crippen molar-refractivity contribution in [1.29, 1.82) is 0 Å². The molecule has 1 aliphatic heterocycles. The summed E-state index contributed by atoms with van der Waals surface area (Å²) in [6.07, 6.45) is 1.39. The van der Waals surface area contributed by atoms with Crippen LogP contribution in [0, 0.1) is 0 Å². The average molecular weight is 329 g/mol. The number of hydrogen-bond acceptors (Lipinski definition) is 5. The van der Waals surface area contributed by atoms with Gasteiger partial charge in [0.1, 0.15) is 5.82 Å². The minimum absolute atomic E-state index is 0.244. The molecule has 1 fully saturated rings. The number of nitrogens with zero attached hydrogens (tertiary/aromatic N) is 3. The highest BCUT2D eigenvalue weighted by atomic mass is 79.9. The van der Waals surface area contributed by atoms with Crippen molar-refractivity contribution >= 4 is 33.5 Å². The largest absolute Gasteiger partial charge is 0.450 e. The molecular weight excluding hydrogens is 312 g/mol. The molecule has 1 aromatic rings. The summed E-state index contributed by atoms with van der Waals surface area (Å²) in [5, 5.41) is 0. The van der Waals surface area contributed by atoms with Gasteiger partial charge in [0.05, 0.1) is 23.0 Å². The van der Waals surface area contributed by atoms with Gasteiger partial charge in [0.2, 0.25) is 0 Å². The van der Waals surface area contributed by atoms with Gasteiger partial charge in [0.25, 0.3) is 0 Å². The summed E-state index contributed by atoms with van der Waals surface area (Å²) in [5.41, 5.74) is 6.30. The Kier molecular flexibility index (Phi) is 4.47. The van der Waals surface area contributed by atoms with Crippen molar-refractivity contribution < 1.29 is 9.53 Å². The first-order chi connectivity index (χ1) is 9.11. The van der Waals surface area contributed by atoms with Gasteiger partial charge in [0.15, 0.2) is 0 Å². The smallest absolute Gasteiger partial charge is 0.409 e. The topological polar surface area (TPSA) is 71.7 Å². The Morgan fingerprint density at radius 1 is 1.47 bits per heavy atom. The van der Waals surface area contributed by atoms with E-state index in [1.807, 2.05) is 13.0 Å². The Hall–Kier alpha value is -1.50. The van der Waals surface area contributed by atoms with Crippen LogP contribution in [0.1, 0.15) is 6.92 Å². The van der Waals surface area contributed by atoms with Gasteiger partial charge in [-0.3, -0.25) is 0 Å². The molecule has 0 aromatic carbocycles. The third-order valence-corrected chi connectivity index (χ3v) is 3.53. The van der Waals surface area contributed by atoms with Crippen LogP contribution in [0.25, 0.3) is 0 Å². The number of rotatable bonds is 2. The molecule has 0 atom stereocenters. The summed E-state index contributed by atoms with van der Waals surface area (Å²) in [6, 6.07) is 1.83. The molecule has 0 spiro atoms. The van der Waals surface area contributed by atoms with Crippen molar-refractivity contribution in [3.63, 3.8) is 0 Å². The van der Waals surface area contributed by atoms with E-state index in [0.717, 1.165) is 23.4 Å². The molecule has 0 unspecified atom stereocenters. The summed E-state index contributed by atoms with van der Waals surface area (Å²) in [7, 11) is 0. The number of aromatic nitrogens is 1. The Morgan fingerprint density at radius 2 is 2.16 bits per heavy atom. The van der Waals surface area contributed by atoms with Crippen LogP contribution < -0.4 is 10.6 Å². The molecule has 0 radical (unpaired) electrons. The molecule has 0 aliphatic carbocycles. The zero-order valence-electron chi connectivity index (χ0n) is 10.8. The number of anilines is 2. The third-order valence-electron chi connectivity index (χ3n) is 2.95. The normalized spacial score (nSPS) is 15.5. The second kappa shape index (κ2) is 6.10. The van der Waals surface area contributed by atoms with Gasteiger partial charge >= 0.3 is 6.09 Å². The standard InChI is InChI=1S/C12H17BrN4O2/c1-2-19-12(18)17-5-3-16(4-6-17)11-10(13)7-9(14)8-15-11/h7-8H,2-6,14H2,1H3. The molecule has 1 amide bonds. The maximum absolute atomic E-state index is 11.6. The van der Waals surface area contributed by atoms with Crippen molar-refractivity contribution in [2.75, 3.05) is 43.4 Å². The Labute approximate surface area is 120 Å². The van der Waals surface area contributed by atoms with Crippen molar-refractivity contribution in [2.45, 2.75) is 6.92 Å². The Balaban J connectivity index is 1.98. The number of carbonyl (C=O) groups is 1. The maximum Gasteiger partial charge on any atom is 0.409 e. The number of pyridine rings is 1. The first kappa shape index (κ1) is 13.9. The van der Waals surface area contributed by atoms with Crippen LogP contribution in [0.2, 0.25) is 0 Å². The maximum atomic E-state index is 11.6. The second-order valence-electron chi connectivity index (χ2n) is 4.25. The Bertz CT molecular complexity index is 461. The van der Waals surface area contributed by atoms with Gasteiger partial charge in [-0.2, -0.15) is 0 Å². The van der Waals surface area contributed by atoms with Gasteiger partial charge in [-0.25, -0.2) is 9.78 Å². The number of amides is 1. The molecule has 1 saturated heterocycles. The van der Waals surface area contributed by atoms with Gasteiger partial charge in [-0.1, -0.05) is 0 Å². The zero-order valence-corrected chi connectivity index (χ0v) is 12.4. The van der Waals surface area contributed by atoms with Crippen molar-refractivity contribution in [1.82, 2.24) is 9.88 Å². The third kappa shape index (κ3) is 3.28. The molecule has 0 saturated carbocycles. The van der Waals surface area contributed by atoms with Crippen LogP contribution in [0.3, 0.4) is 0 Å². The highest BCUT2D eigenvalue weighted by Crippen LogP contribution is 2.26. The average Bonchev–Trinajstić information content (AvgIpc) is 2.39. The van der Waals surface area contributed by atoms with E-state index in [2.05, 4.69) is 25.8 Å². The molecular formula is C12H17BrN4O2. The van der Waals surface area contributed by atoms with E-state index in [9.17, 15) is 4.79 Å². The first-order valence-electron chi connectivity index (χ1n) is 6.19. The number of carbonyl (C=O) groups excluding carboxylic acids is 1. The van der Waals surface area contributed by atoms with E-state index < -0.39 is 0 Å². The summed E-state index contributed by atoms with van der Waals surface area (Å²) in [5.74, 6) is 0.859. The molecule has 2 heterocycles. The lowest BCUT2D eigenvalue weighted by molar-refractivity contribution is 0.105. The lowest BCUT2D eigenvalue weighted by Gasteiger charge is -2.35. The van der Waals surface area contributed by atoms with E-state index in [4.69, 9.17) is 10.5 Å². The van der Waals surface area contributed by atoms with E-state index in [0.29, 0.717) is 25.4 Å². The van der Waals surface area contributed by atoms with Gasteiger partial charge < -0.3 is 20.3 Å². The summed E-state index contributed by atoms with van der Waals surface area (Å²) in [4.78, 5) is 19.8. The highest BCUT2D eigenvalue weighted by Gasteiger charge is 2.23. The Morgan fingerprint density at radius 3 is 2.74 bits per heavy atom. The second-order valence-corrected chi connectivity index (χ2v) is 5.10. The number of nitrogen functional groups attached to an aromatic ring is 1. The predicted molar refractivity (Wildman–Crippen MR) is 77.2 cm³/mol. The van der Waals surface area contributed by atoms with E-state index >= 15 is 0 Å². The lowest BCUT2D eigenvalue weighted by atomic mass is 10.3. The fraction of sp³-hybridized carbons (Fsp3) is 0.500. The molecule has 1 aliphatic rings. The summed E-state index contributed by atoms with van der Waals surface area (Å²) in [6.45, 7) is 4.95. The van der Waals surface area contributed by atoms with Crippen molar-refractivity contribution in [2.24, 2.45) is 0 Å². The van der Waals surface area contributed by atoms with Gasteiger partial charge in [-0.15, -0.1) is 0 Å². The number of ether oxygens (including phenoxy) is 1. The van der Waals surface area contributed by atoms with Crippen LogP contribution in [-0.2, 0) is 4.74 Å². The number of halogens is 1. The SMILES string of the molecule is CCOC(=O)N1CCN(c2ncc(N)cc2Br)CC1. The quantitative estimate of drug-likeness (QED) is 0.894. The summed E-state index contributed by atoms with van der Waals surface area (Å²) < 4.78 is 5.86. The molecule has 2 rings (SSSR count). The number of piperazine rings is 1. The monoisotopic (exact) mass is 328 g/mol.